The van der Waals surface area contributed by atoms with Gasteiger partial charge in [-0.2, -0.15) is 0 Å². The summed E-state index contributed by atoms with van der Waals surface area (Å²) in [6, 6.07) is 15.7. The zero-order valence-corrected chi connectivity index (χ0v) is 23.4. The van der Waals surface area contributed by atoms with Gasteiger partial charge in [0.1, 0.15) is 18.9 Å². The molecule has 0 aliphatic carbocycles. The van der Waals surface area contributed by atoms with Crippen molar-refractivity contribution in [1.29, 1.82) is 0 Å². The van der Waals surface area contributed by atoms with Crippen LogP contribution in [0.25, 0.3) is 0 Å². The second kappa shape index (κ2) is 12.0. The molecular formula is C31H38N2O3S. The van der Waals surface area contributed by atoms with Crippen molar-refractivity contribution >= 4 is 23.2 Å². The smallest absolute Gasteiger partial charge is 0.254 e. The van der Waals surface area contributed by atoms with Crippen LogP contribution in [0.3, 0.4) is 0 Å². The molecule has 196 valence electrons. The van der Waals surface area contributed by atoms with Gasteiger partial charge in [0, 0.05) is 23.5 Å². The third kappa shape index (κ3) is 6.42. The average Bonchev–Trinajstić information content (AvgIpc) is 3.37. The van der Waals surface area contributed by atoms with E-state index in [1.54, 1.807) is 16.2 Å². The van der Waals surface area contributed by atoms with Crippen LogP contribution in [-0.4, -0.2) is 47.9 Å². The molecule has 0 unspecified atom stereocenters. The van der Waals surface area contributed by atoms with E-state index in [1.807, 2.05) is 55.1 Å². The van der Waals surface area contributed by atoms with Crippen molar-refractivity contribution < 1.29 is 14.3 Å². The first-order chi connectivity index (χ1) is 17.8. The van der Waals surface area contributed by atoms with Gasteiger partial charge < -0.3 is 14.5 Å². The van der Waals surface area contributed by atoms with Crippen LogP contribution in [0.2, 0.25) is 0 Å². The van der Waals surface area contributed by atoms with E-state index in [0.29, 0.717) is 31.2 Å². The van der Waals surface area contributed by atoms with Crippen LogP contribution in [0, 0.1) is 26.7 Å². The highest BCUT2D eigenvalue weighted by Crippen LogP contribution is 2.34. The molecule has 0 saturated heterocycles. The van der Waals surface area contributed by atoms with Crippen molar-refractivity contribution in [3.05, 3.63) is 86.6 Å². The Morgan fingerprint density at radius 1 is 1.08 bits per heavy atom. The Balaban J connectivity index is 1.55. The molecule has 37 heavy (non-hydrogen) atoms. The van der Waals surface area contributed by atoms with E-state index in [9.17, 15) is 9.59 Å². The lowest BCUT2D eigenvalue weighted by atomic mass is 10.00. The molecule has 2 heterocycles. The topological polar surface area (TPSA) is 49.9 Å². The Hall–Kier alpha value is -3.12. The third-order valence-corrected chi connectivity index (χ3v) is 8.28. The molecule has 0 spiro atoms. The molecule has 0 N–H and O–H groups in total. The summed E-state index contributed by atoms with van der Waals surface area (Å²) in [5.74, 6) is 1.02. The maximum atomic E-state index is 13.8. The number of hydrogen-bond donors (Lipinski definition) is 0. The molecule has 2 amide bonds. The highest BCUT2D eigenvalue weighted by atomic mass is 32.1. The maximum Gasteiger partial charge on any atom is 0.254 e. The minimum absolute atomic E-state index is 0.0326. The number of nitrogens with zero attached hydrogens (tertiary/aromatic N) is 2. The van der Waals surface area contributed by atoms with Crippen molar-refractivity contribution in [1.82, 2.24) is 9.80 Å². The standard InChI is InChI=1S/C31H38N2O3S/c1-6-21(2)18-32(31(35)25-10-7-22(3)8-11-25)19-30(34)33-15-13-29-26(14-16-37-29)27(33)20-36-28-12-9-23(4)17-24(28)5/h7-12,14,16-17,21,27H,6,13,15,18-20H2,1-5H3/t21-,27-/m1/s1. The molecule has 1 aliphatic rings. The summed E-state index contributed by atoms with van der Waals surface area (Å²) >= 11 is 1.74. The van der Waals surface area contributed by atoms with Gasteiger partial charge >= 0.3 is 0 Å². The van der Waals surface area contributed by atoms with E-state index < -0.39 is 0 Å². The molecule has 4 rings (SSSR count). The van der Waals surface area contributed by atoms with E-state index >= 15 is 0 Å². The second-order valence-electron chi connectivity index (χ2n) is 10.3. The molecule has 0 saturated carbocycles. The number of amides is 2. The number of aryl methyl sites for hydroxylation is 3. The predicted molar refractivity (Wildman–Crippen MR) is 150 cm³/mol. The van der Waals surface area contributed by atoms with E-state index in [1.165, 1.54) is 10.4 Å². The Morgan fingerprint density at radius 3 is 2.51 bits per heavy atom. The summed E-state index contributed by atoms with van der Waals surface area (Å²) in [7, 11) is 0. The fourth-order valence-electron chi connectivity index (χ4n) is 4.86. The number of ether oxygens (including phenoxy) is 1. The van der Waals surface area contributed by atoms with Crippen LogP contribution in [0.4, 0.5) is 0 Å². The fourth-order valence-corrected chi connectivity index (χ4v) is 5.79. The second-order valence-corrected chi connectivity index (χ2v) is 11.3. The quantitative estimate of drug-likeness (QED) is 0.331. The summed E-state index contributed by atoms with van der Waals surface area (Å²) in [4.78, 5) is 32.2. The molecule has 0 fully saturated rings. The zero-order chi connectivity index (χ0) is 26.5. The van der Waals surface area contributed by atoms with Gasteiger partial charge in [0.2, 0.25) is 5.91 Å². The number of fused-ring (bicyclic) bond motifs is 1. The number of benzene rings is 2. The number of hydrogen-bond acceptors (Lipinski definition) is 4. The summed E-state index contributed by atoms with van der Waals surface area (Å²) < 4.78 is 6.28. The molecule has 2 atom stereocenters. The highest BCUT2D eigenvalue weighted by Gasteiger charge is 2.34. The van der Waals surface area contributed by atoms with Gasteiger partial charge in [-0.15, -0.1) is 11.3 Å². The lowest BCUT2D eigenvalue weighted by Gasteiger charge is -2.37. The van der Waals surface area contributed by atoms with Gasteiger partial charge in [-0.3, -0.25) is 9.59 Å². The van der Waals surface area contributed by atoms with Crippen molar-refractivity contribution in [2.45, 2.75) is 53.5 Å². The van der Waals surface area contributed by atoms with Crippen LogP contribution >= 0.6 is 11.3 Å². The van der Waals surface area contributed by atoms with E-state index in [2.05, 4.69) is 38.3 Å². The molecule has 3 aromatic rings. The summed E-state index contributed by atoms with van der Waals surface area (Å²) in [6.07, 6.45) is 1.77. The van der Waals surface area contributed by atoms with Gasteiger partial charge in [0.25, 0.3) is 5.91 Å². The SMILES string of the molecule is CC[C@@H](C)CN(CC(=O)N1CCc2sccc2[C@H]1COc1ccc(C)cc1C)C(=O)c1ccc(C)cc1. The highest BCUT2D eigenvalue weighted by molar-refractivity contribution is 7.10. The molecule has 6 heteroatoms. The first-order valence-electron chi connectivity index (χ1n) is 13.2. The molecule has 5 nitrogen and oxygen atoms in total. The van der Waals surface area contributed by atoms with E-state index in [4.69, 9.17) is 4.74 Å². The molecule has 0 bridgehead atoms. The zero-order valence-electron chi connectivity index (χ0n) is 22.6. The Kier molecular flexibility index (Phi) is 8.70. The summed E-state index contributed by atoms with van der Waals surface area (Å²) in [5, 5.41) is 2.10. The van der Waals surface area contributed by atoms with Crippen molar-refractivity contribution in [3.63, 3.8) is 0 Å². The minimum atomic E-state index is -0.178. The maximum absolute atomic E-state index is 13.8. The van der Waals surface area contributed by atoms with Crippen molar-refractivity contribution in [2.75, 3.05) is 26.2 Å². The molecule has 0 radical (unpaired) electrons. The number of thiophene rings is 1. The molecule has 1 aliphatic heterocycles. The lowest BCUT2D eigenvalue weighted by Crippen LogP contribution is -2.48. The van der Waals surface area contributed by atoms with Crippen LogP contribution in [0.1, 0.15) is 63.8 Å². The largest absolute Gasteiger partial charge is 0.491 e. The van der Waals surface area contributed by atoms with Gasteiger partial charge in [-0.25, -0.2) is 0 Å². The van der Waals surface area contributed by atoms with Crippen LogP contribution in [0.5, 0.6) is 5.75 Å². The van der Waals surface area contributed by atoms with Crippen LogP contribution in [-0.2, 0) is 11.2 Å². The van der Waals surface area contributed by atoms with E-state index in [0.717, 1.165) is 35.3 Å². The first-order valence-corrected chi connectivity index (χ1v) is 14.1. The average molecular weight is 519 g/mol. The summed E-state index contributed by atoms with van der Waals surface area (Å²) in [5.41, 5.74) is 5.16. The lowest BCUT2D eigenvalue weighted by molar-refractivity contribution is -0.135. The van der Waals surface area contributed by atoms with E-state index in [-0.39, 0.29) is 24.4 Å². The van der Waals surface area contributed by atoms with Crippen LogP contribution in [0.15, 0.2) is 53.9 Å². The number of carbonyl (C=O) groups excluding carboxylic acids is 2. The molecule has 2 aromatic carbocycles. The van der Waals surface area contributed by atoms with Gasteiger partial charge in [0.15, 0.2) is 0 Å². The monoisotopic (exact) mass is 518 g/mol. The molecule has 1 aromatic heterocycles. The fraction of sp³-hybridized carbons (Fsp3) is 0.419. The Bertz CT molecular complexity index is 1230. The van der Waals surface area contributed by atoms with Crippen molar-refractivity contribution in [3.8, 4) is 5.75 Å². The Labute approximate surface area is 225 Å². The van der Waals surface area contributed by atoms with Gasteiger partial charge in [-0.1, -0.05) is 55.7 Å². The predicted octanol–water partition coefficient (Wildman–Crippen LogP) is 6.37. The number of carbonyl (C=O) groups is 2. The third-order valence-electron chi connectivity index (χ3n) is 7.28. The van der Waals surface area contributed by atoms with Crippen molar-refractivity contribution in [2.24, 2.45) is 5.92 Å². The molecular weight excluding hydrogens is 480 g/mol. The van der Waals surface area contributed by atoms with Gasteiger partial charge in [-0.05, 0) is 73.9 Å². The normalized spacial score (nSPS) is 15.7. The Morgan fingerprint density at radius 2 is 1.81 bits per heavy atom. The number of rotatable bonds is 9. The first kappa shape index (κ1) is 26.9. The van der Waals surface area contributed by atoms with Crippen LogP contribution < -0.4 is 4.74 Å². The van der Waals surface area contributed by atoms with Gasteiger partial charge in [0.05, 0.1) is 6.04 Å². The minimum Gasteiger partial charge on any atom is -0.491 e. The summed E-state index contributed by atoms with van der Waals surface area (Å²) in [6.45, 7) is 12.0.